The molecule has 5 rings (SSSR count). The van der Waals surface area contributed by atoms with E-state index in [-0.39, 0.29) is 24.1 Å². The fourth-order valence-electron chi connectivity index (χ4n) is 4.25. The third-order valence-electron chi connectivity index (χ3n) is 5.77. The van der Waals surface area contributed by atoms with Crippen molar-refractivity contribution in [2.24, 2.45) is 0 Å². The molecule has 1 atom stereocenters. The number of anilines is 1. The second-order valence-corrected chi connectivity index (χ2v) is 9.23. The Labute approximate surface area is 196 Å². The maximum absolute atomic E-state index is 13.6. The topological polar surface area (TPSA) is 69.3 Å². The number of para-hydroxylation sites is 2. The number of hydrogen-bond donors (Lipinski definition) is 1. The summed E-state index contributed by atoms with van der Waals surface area (Å²) in [4.78, 5) is 38.3. The predicted molar refractivity (Wildman–Crippen MR) is 133 cm³/mol. The van der Waals surface area contributed by atoms with Crippen molar-refractivity contribution in [2.75, 3.05) is 24.2 Å². The Morgan fingerprint density at radius 1 is 1.06 bits per heavy atom. The summed E-state index contributed by atoms with van der Waals surface area (Å²) in [5.74, 6) is 1.36. The number of hydrogen-bond acceptors (Lipinski definition) is 5. The van der Waals surface area contributed by atoms with Crippen LogP contribution in [0.25, 0.3) is 10.9 Å². The minimum Gasteiger partial charge on any atom is -0.309 e. The van der Waals surface area contributed by atoms with Gasteiger partial charge < -0.3 is 9.88 Å². The van der Waals surface area contributed by atoms with Gasteiger partial charge in [0.15, 0.2) is 0 Å². The van der Waals surface area contributed by atoms with Crippen molar-refractivity contribution in [1.29, 1.82) is 0 Å². The molecule has 0 fully saturated rings. The quantitative estimate of drug-likeness (QED) is 0.487. The van der Waals surface area contributed by atoms with Crippen molar-refractivity contribution in [3.05, 3.63) is 101 Å². The average Bonchev–Trinajstić information content (AvgIpc) is 2.83. The molecule has 166 valence electrons. The summed E-state index contributed by atoms with van der Waals surface area (Å²) in [7, 11) is 1.87. The van der Waals surface area contributed by atoms with E-state index in [2.05, 4.69) is 28.2 Å². The van der Waals surface area contributed by atoms with Gasteiger partial charge in [-0.15, -0.1) is 11.8 Å². The minimum absolute atomic E-state index is 0.0160. The van der Waals surface area contributed by atoms with Gasteiger partial charge in [0.25, 0.3) is 5.56 Å². The Kier molecular flexibility index (Phi) is 5.98. The first-order valence-corrected chi connectivity index (χ1v) is 11.8. The van der Waals surface area contributed by atoms with Gasteiger partial charge in [0, 0.05) is 10.6 Å². The maximum atomic E-state index is 13.6. The molecule has 0 saturated heterocycles. The SMILES string of the molecule is CN(CC(=O)N1c2ccccc2SCC1c1ccccc1)Cc1nc2ccccc2c(=O)[nH]1. The van der Waals surface area contributed by atoms with Crippen LogP contribution < -0.4 is 10.5 Å². The number of amides is 1. The fraction of sp³-hybridized carbons (Fsp3) is 0.192. The molecule has 0 saturated carbocycles. The molecule has 1 aliphatic heterocycles. The molecule has 6 nitrogen and oxygen atoms in total. The van der Waals surface area contributed by atoms with Crippen LogP contribution in [0.1, 0.15) is 17.4 Å². The highest BCUT2D eigenvalue weighted by atomic mass is 32.2. The molecule has 1 aromatic heterocycles. The zero-order chi connectivity index (χ0) is 22.8. The lowest BCUT2D eigenvalue weighted by Gasteiger charge is -2.38. The largest absolute Gasteiger partial charge is 0.309 e. The summed E-state index contributed by atoms with van der Waals surface area (Å²) in [6, 6.07) is 25.4. The van der Waals surface area contributed by atoms with Crippen LogP contribution in [0.4, 0.5) is 5.69 Å². The number of carbonyl (C=O) groups excluding carboxylic acids is 1. The smallest absolute Gasteiger partial charge is 0.258 e. The standard InChI is InChI=1S/C26H24N4O2S/c1-29(15-24-27-20-12-6-5-11-19(20)26(32)28-24)16-25(31)30-21-13-7-8-14-23(21)33-17-22(30)18-9-3-2-4-10-18/h2-14,22H,15-17H2,1H3,(H,27,28,32). The summed E-state index contributed by atoms with van der Waals surface area (Å²) >= 11 is 1.78. The summed E-state index contributed by atoms with van der Waals surface area (Å²) in [5, 5.41) is 0.563. The van der Waals surface area contributed by atoms with E-state index in [0.717, 1.165) is 21.9 Å². The first-order chi connectivity index (χ1) is 16.1. The van der Waals surface area contributed by atoms with Crippen LogP contribution in [0.5, 0.6) is 0 Å². The number of H-pyrrole nitrogens is 1. The van der Waals surface area contributed by atoms with Crippen LogP contribution in [0.3, 0.4) is 0 Å². The van der Waals surface area contributed by atoms with Gasteiger partial charge in [-0.1, -0.05) is 54.6 Å². The van der Waals surface area contributed by atoms with Crippen molar-refractivity contribution < 1.29 is 4.79 Å². The molecule has 7 heteroatoms. The van der Waals surface area contributed by atoms with Crippen LogP contribution in [0, 0.1) is 0 Å². The lowest BCUT2D eigenvalue weighted by Crippen LogP contribution is -2.43. The molecular weight excluding hydrogens is 432 g/mol. The number of rotatable bonds is 5. The number of benzene rings is 3. The predicted octanol–water partition coefficient (Wildman–Crippen LogP) is 4.24. The van der Waals surface area contributed by atoms with Gasteiger partial charge in [-0.2, -0.15) is 0 Å². The van der Waals surface area contributed by atoms with Gasteiger partial charge in [-0.05, 0) is 36.9 Å². The summed E-state index contributed by atoms with van der Waals surface area (Å²) < 4.78 is 0. The molecule has 1 N–H and O–H groups in total. The first kappa shape index (κ1) is 21.4. The van der Waals surface area contributed by atoms with Crippen LogP contribution in [0.2, 0.25) is 0 Å². The van der Waals surface area contributed by atoms with Crippen LogP contribution >= 0.6 is 11.8 Å². The molecule has 1 aliphatic rings. The number of aromatic amines is 1. The number of carbonyl (C=O) groups is 1. The molecule has 3 aromatic carbocycles. The Hall–Kier alpha value is -3.42. The number of nitrogens with one attached hydrogen (secondary N) is 1. The van der Waals surface area contributed by atoms with E-state index in [1.807, 2.05) is 71.4 Å². The molecule has 1 amide bonds. The Bertz CT molecular complexity index is 1360. The van der Waals surface area contributed by atoms with E-state index >= 15 is 0 Å². The number of fused-ring (bicyclic) bond motifs is 2. The van der Waals surface area contributed by atoms with Crippen molar-refractivity contribution in [3.63, 3.8) is 0 Å². The van der Waals surface area contributed by atoms with E-state index < -0.39 is 0 Å². The number of aromatic nitrogens is 2. The third kappa shape index (κ3) is 4.42. The molecule has 0 bridgehead atoms. The fourth-order valence-corrected chi connectivity index (χ4v) is 5.41. The molecule has 2 heterocycles. The lowest BCUT2D eigenvalue weighted by molar-refractivity contribution is -0.120. The Morgan fingerprint density at radius 2 is 1.79 bits per heavy atom. The highest BCUT2D eigenvalue weighted by molar-refractivity contribution is 7.99. The number of thioether (sulfide) groups is 1. The Morgan fingerprint density at radius 3 is 2.64 bits per heavy atom. The van der Waals surface area contributed by atoms with Crippen molar-refractivity contribution in [1.82, 2.24) is 14.9 Å². The van der Waals surface area contributed by atoms with E-state index in [1.54, 1.807) is 17.8 Å². The van der Waals surface area contributed by atoms with E-state index in [0.29, 0.717) is 23.3 Å². The van der Waals surface area contributed by atoms with Crippen molar-refractivity contribution in [3.8, 4) is 0 Å². The van der Waals surface area contributed by atoms with Crippen molar-refractivity contribution in [2.45, 2.75) is 17.5 Å². The summed E-state index contributed by atoms with van der Waals surface area (Å²) in [5.41, 5.74) is 2.55. The molecule has 4 aromatic rings. The monoisotopic (exact) mass is 456 g/mol. The average molecular weight is 457 g/mol. The summed E-state index contributed by atoms with van der Waals surface area (Å²) in [6.07, 6.45) is 0. The van der Waals surface area contributed by atoms with Gasteiger partial charge in [-0.3, -0.25) is 14.5 Å². The number of nitrogens with zero attached hydrogens (tertiary/aromatic N) is 3. The second-order valence-electron chi connectivity index (χ2n) is 8.17. The van der Waals surface area contributed by atoms with Gasteiger partial charge in [0.2, 0.25) is 5.91 Å². The Balaban J connectivity index is 1.39. The second kappa shape index (κ2) is 9.21. The van der Waals surface area contributed by atoms with Gasteiger partial charge in [0.1, 0.15) is 5.82 Å². The first-order valence-electron chi connectivity index (χ1n) is 10.9. The molecule has 0 aliphatic carbocycles. The zero-order valence-electron chi connectivity index (χ0n) is 18.3. The van der Waals surface area contributed by atoms with E-state index in [9.17, 15) is 9.59 Å². The van der Waals surface area contributed by atoms with Crippen molar-refractivity contribution >= 4 is 34.3 Å². The number of likely N-dealkylation sites (N-methyl/N-ethyl adjacent to an activating group) is 1. The van der Waals surface area contributed by atoms with Gasteiger partial charge in [0.05, 0.1) is 35.7 Å². The summed E-state index contributed by atoms with van der Waals surface area (Å²) in [6.45, 7) is 0.574. The minimum atomic E-state index is -0.165. The normalized spacial score (nSPS) is 15.6. The van der Waals surface area contributed by atoms with E-state index in [1.165, 1.54) is 0 Å². The third-order valence-corrected chi connectivity index (χ3v) is 6.91. The van der Waals surface area contributed by atoms with E-state index in [4.69, 9.17) is 0 Å². The molecular formula is C26H24N4O2S. The molecule has 33 heavy (non-hydrogen) atoms. The zero-order valence-corrected chi connectivity index (χ0v) is 19.1. The molecule has 1 unspecified atom stereocenters. The van der Waals surface area contributed by atoms with Crippen LogP contribution in [-0.4, -0.2) is 40.1 Å². The van der Waals surface area contributed by atoms with Gasteiger partial charge in [-0.25, -0.2) is 4.98 Å². The highest BCUT2D eigenvalue weighted by Gasteiger charge is 2.32. The van der Waals surface area contributed by atoms with Gasteiger partial charge >= 0.3 is 0 Å². The lowest BCUT2D eigenvalue weighted by atomic mass is 10.1. The maximum Gasteiger partial charge on any atom is 0.258 e. The highest BCUT2D eigenvalue weighted by Crippen LogP contribution is 2.43. The molecule has 0 spiro atoms. The van der Waals surface area contributed by atoms with Crippen LogP contribution in [0.15, 0.2) is 88.6 Å². The molecule has 0 radical (unpaired) electrons. The van der Waals surface area contributed by atoms with Crippen LogP contribution in [-0.2, 0) is 11.3 Å².